The van der Waals surface area contributed by atoms with E-state index in [1.807, 2.05) is 25.1 Å². The Bertz CT molecular complexity index is 729. The molecule has 2 heterocycles. The lowest BCUT2D eigenvalue weighted by atomic mass is 10.1. The number of furan rings is 1. The van der Waals surface area contributed by atoms with E-state index >= 15 is 0 Å². The number of hydrogen-bond donors (Lipinski definition) is 0. The summed E-state index contributed by atoms with van der Waals surface area (Å²) in [5.41, 5.74) is 3.26. The van der Waals surface area contributed by atoms with Gasteiger partial charge in [0.2, 0.25) is 0 Å². The van der Waals surface area contributed by atoms with Crippen LogP contribution < -0.4 is 0 Å². The van der Waals surface area contributed by atoms with Crippen molar-refractivity contribution in [3.8, 4) is 21.8 Å². The number of thiazole rings is 1. The highest BCUT2D eigenvalue weighted by Gasteiger charge is 2.14. The standard InChI is InChI=1S/C15H12BrNOS/c1-9-13(6-7-18-9)15-17-14(10(2)19-15)11-4-3-5-12(16)8-11/h3-8H,1-2H3. The second-order valence-electron chi connectivity index (χ2n) is 4.32. The van der Waals surface area contributed by atoms with Crippen LogP contribution in [0, 0.1) is 13.8 Å². The fraction of sp³-hybridized carbons (Fsp3) is 0.133. The predicted molar refractivity (Wildman–Crippen MR) is 82.4 cm³/mol. The number of nitrogens with zero attached hydrogens (tertiary/aromatic N) is 1. The molecule has 0 radical (unpaired) electrons. The number of rotatable bonds is 2. The van der Waals surface area contributed by atoms with Gasteiger partial charge in [0, 0.05) is 14.9 Å². The molecular formula is C15H12BrNOS. The van der Waals surface area contributed by atoms with Gasteiger partial charge < -0.3 is 4.42 Å². The molecule has 3 rings (SSSR count). The maximum Gasteiger partial charge on any atom is 0.127 e. The summed E-state index contributed by atoms with van der Waals surface area (Å²) < 4.78 is 6.42. The van der Waals surface area contributed by atoms with E-state index in [2.05, 4.69) is 35.0 Å². The fourth-order valence-electron chi connectivity index (χ4n) is 2.02. The van der Waals surface area contributed by atoms with Crippen LogP contribution in [0.25, 0.3) is 21.8 Å². The minimum Gasteiger partial charge on any atom is -0.469 e. The highest BCUT2D eigenvalue weighted by Crippen LogP contribution is 2.35. The number of hydrogen-bond acceptors (Lipinski definition) is 3. The largest absolute Gasteiger partial charge is 0.469 e. The van der Waals surface area contributed by atoms with Gasteiger partial charge in [-0.25, -0.2) is 4.98 Å². The highest BCUT2D eigenvalue weighted by molar-refractivity contribution is 9.10. The van der Waals surface area contributed by atoms with E-state index in [-0.39, 0.29) is 0 Å². The average molecular weight is 334 g/mol. The topological polar surface area (TPSA) is 26.0 Å². The van der Waals surface area contributed by atoms with Crippen molar-refractivity contribution in [3.05, 3.63) is 51.7 Å². The summed E-state index contributed by atoms with van der Waals surface area (Å²) in [6.45, 7) is 4.07. The van der Waals surface area contributed by atoms with Crippen molar-refractivity contribution in [2.24, 2.45) is 0 Å². The van der Waals surface area contributed by atoms with Crippen LogP contribution in [-0.2, 0) is 0 Å². The molecular weight excluding hydrogens is 322 g/mol. The zero-order chi connectivity index (χ0) is 13.4. The lowest BCUT2D eigenvalue weighted by molar-refractivity contribution is 0.535. The molecule has 0 fully saturated rings. The van der Waals surface area contributed by atoms with Crippen molar-refractivity contribution in [2.75, 3.05) is 0 Å². The summed E-state index contributed by atoms with van der Waals surface area (Å²) in [7, 11) is 0. The molecule has 96 valence electrons. The Hall–Kier alpha value is -1.39. The van der Waals surface area contributed by atoms with Gasteiger partial charge >= 0.3 is 0 Å². The molecule has 3 aromatic rings. The Morgan fingerprint density at radius 2 is 2.05 bits per heavy atom. The quantitative estimate of drug-likeness (QED) is 0.623. The SMILES string of the molecule is Cc1occc1-c1nc(-c2cccc(Br)c2)c(C)s1. The molecule has 0 aliphatic heterocycles. The van der Waals surface area contributed by atoms with Crippen molar-refractivity contribution in [2.45, 2.75) is 13.8 Å². The van der Waals surface area contributed by atoms with Crippen LogP contribution in [0.15, 0.2) is 45.5 Å². The Kier molecular flexibility index (Phi) is 3.29. The van der Waals surface area contributed by atoms with Crippen molar-refractivity contribution in [3.63, 3.8) is 0 Å². The van der Waals surface area contributed by atoms with E-state index in [0.29, 0.717) is 0 Å². The lowest BCUT2D eigenvalue weighted by Crippen LogP contribution is -1.81. The molecule has 0 aliphatic carbocycles. The first kappa shape index (κ1) is 12.6. The van der Waals surface area contributed by atoms with Gasteiger partial charge in [0.05, 0.1) is 17.5 Å². The highest BCUT2D eigenvalue weighted by atomic mass is 79.9. The molecule has 0 atom stereocenters. The van der Waals surface area contributed by atoms with Gasteiger partial charge in [-0.1, -0.05) is 28.1 Å². The number of benzene rings is 1. The fourth-order valence-corrected chi connectivity index (χ4v) is 3.43. The second-order valence-corrected chi connectivity index (χ2v) is 6.44. The molecule has 0 amide bonds. The molecule has 0 bridgehead atoms. The molecule has 0 aliphatic rings. The van der Waals surface area contributed by atoms with E-state index in [0.717, 1.165) is 32.1 Å². The summed E-state index contributed by atoms with van der Waals surface area (Å²) in [6.07, 6.45) is 1.71. The summed E-state index contributed by atoms with van der Waals surface area (Å²) in [4.78, 5) is 5.98. The number of halogens is 1. The van der Waals surface area contributed by atoms with Gasteiger partial charge in [-0.15, -0.1) is 11.3 Å². The predicted octanol–water partition coefficient (Wildman–Crippen LogP) is 5.45. The molecule has 2 aromatic heterocycles. The van der Waals surface area contributed by atoms with Gasteiger partial charge in [0.25, 0.3) is 0 Å². The van der Waals surface area contributed by atoms with Crippen molar-refractivity contribution < 1.29 is 4.42 Å². The molecule has 0 saturated carbocycles. The van der Waals surface area contributed by atoms with Crippen LogP contribution >= 0.6 is 27.3 Å². The Labute approximate surface area is 124 Å². The molecule has 0 spiro atoms. The maximum absolute atomic E-state index is 5.35. The third-order valence-corrected chi connectivity index (χ3v) is 4.48. The maximum atomic E-state index is 5.35. The van der Waals surface area contributed by atoms with Gasteiger partial charge in [-0.05, 0) is 32.0 Å². The summed E-state index contributed by atoms with van der Waals surface area (Å²) >= 11 is 5.20. The average Bonchev–Trinajstić information content (AvgIpc) is 2.95. The third kappa shape index (κ3) is 2.38. The Morgan fingerprint density at radius 1 is 1.21 bits per heavy atom. The minimum atomic E-state index is 0.912. The zero-order valence-corrected chi connectivity index (χ0v) is 13.0. The van der Waals surface area contributed by atoms with Gasteiger partial charge in [0.15, 0.2) is 0 Å². The van der Waals surface area contributed by atoms with Crippen molar-refractivity contribution in [1.82, 2.24) is 4.98 Å². The van der Waals surface area contributed by atoms with Crippen LogP contribution in [0.2, 0.25) is 0 Å². The van der Waals surface area contributed by atoms with Crippen LogP contribution in [0.5, 0.6) is 0 Å². The second kappa shape index (κ2) is 4.94. The first-order chi connectivity index (χ1) is 9.15. The first-order valence-electron chi connectivity index (χ1n) is 5.93. The molecule has 19 heavy (non-hydrogen) atoms. The molecule has 2 nitrogen and oxygen atoms in total. The number of aryl methyl sites for hydroxylation is 2. The first-order valence-corrected chi connectivity index (χ1v) is 7.54. The van der Waals surface area contributed by atoms with E-state index < -0.39 is 0 Å². The Morgan fingerprint density at radius 3 is 2.74 bits per heavy atom. The van der Waals surface area contributed by atoms with E-state index in [9.17, 15) is 0 Å². The monoisotopic (exact) mass is 333 g/mol. The van der Waals surface area contributed by atoms with Crippen LogP contribution in [0.3, 0.4) is 0 Å². The smallest absolute Gasteiger partial charge is 0.127 e. The van der Waals surface area contributed by atoms with Gasteiger partial charge in [0.1, 0.15) is 10.8 Å². The molecule has 0 unspecified atom stereocenters. The van der Waals surface area contributed by atoms with Crippen LogP contribution in [0.4, 0.5) is 0 Å². The van der Waals surface area contributed by atoms with Crippen LogP contribution in [0.1, 0.15) is 10.6 Å². The van der Waals surface area contributed by atoms with Crippen molar-refractivity contribution in [1.29, 1.82) is 0 Å². The minimum absolute atomic E-state index is 0.912. The molecule has 1 aromatic carbocycles. The lowest BCUT2D eigenvalue weighted by Gasteiger charge is -1.99. The summed E-state index contributed by atoms with van der Waals surface area (Å²) in [5, 5.41) is 1.01. The van der Waals surface area contributed by atoms with Gasteiger partial charge in [-0.3, -0.25) is 0 Å². The molecule has 0 saturated heterocycles. The van der Waals surface area contributed by atoms with Crippen molar-refractivity contribution >= 4 is 27.3 Å². The van der Waals surface area contributed by atoms with Gasteiger partial charge in [-0.2, -0.15) is 0 Å². The third-order valence-electron chi connectivity index (χ3n) is 2.98. The zero-order valence-electron chi connectivity index (χ0n) is 10.6. The Balaban J connectivity index is 2.10. The van der Waals surface area contributed by atoms with E-state index in [1.165, 1.54) is 4.88 Å². The summed E-state index contributed by atoms with van der Waals surface area (Å²) in [6, 6.07) is 10.2. The molecule has 4 heteroatoms. The van der Waals surface area contributed by atoms with E-state index in [4.69, 9.17) is 9.40 Å². The van der Waals surface area contributed by atoms with Crippen LogP contribution in [-0.4, -0.2) is 4.98 Å². The number of aromatic nitrogens is 1. The van der Waals surface area contributed by atoms with E-state index in [1.54, 1.807) is 17.6 Å². The summed E-state index contributed by atoms with van der Waals surface area (Å²) in [5.74, 6) is 0.912. The normalized spacial score (nSPS) is 10.9. The molecule has 0 N–H and O–H groups in total.